The Kier molecular flexibility index (Phi) is 7.85. The molecule has 0 aliphatic heterocycles. The van der Waals surface area contributed by atoms with Gasteiger partial charge in [-0.3, -0.25) is 0 Å². The van der Waals surface area contributed by atoms with Crippen LogP contribution in [0.3, 0.4) is 0 Å². The van der Waals surface area contributed by atoms with Crippen LogP contribution in [0.2, 0.25) is 72.0 Å². The van der Waals surface area contributed by atoms with Crippen molar-refractivity contribution in [1.82, 2.24) is 0 Å². The van der Waals surface area contributed by atoms with E-state index < -0.39 is 33.3 Å². The fourth-order valence-corrected chi connectivity index (χ4v) is 7.20. The maximum Gasteiger partial charge on any atom is 0.242 e. The Morgan fingerprint density at radius 3 is 1.54 bits per heavy atom. The summed E-state index contributed by atoms with van der Waals surface area (Å²) in [7, 11) is -4.73. The zero-order chi connectivity index (χ0) is 22.1. The van der Waals surface area contributed by atoms with Gasteiger partial charge in [0.05, 0.1) is 0 Å². The summed E-state index contributed by atoms with van der Waals surface area (Å²) in [5.41, 5.74) is 0.986. The molecule has 0 aliphatic carbocycles. The molecule has 0 saturated heterocycles. The molecule has 28 heavy (non-hydrogen) atoms. The second-order valence-corrected chi connectivity index (χ2v) is 28.1. The molecule has 1 aromatic rings. The summed E-state index contributed by atoms with van der Waals surface area (Å²) in [6.45, 7) is 27.9. The third-order valence-electron chi connectivity index (χ3n) is 3.54. The van der Waals surface area contributed by atoms with E-state index in [0.29, 0.717) is 0 Å². The lowest BCUT2D eigenvalue weighted by Crippen LogP contribution is -2.48. The molecule has 0 aliphatic rings. The molecule has 0 atom stereocenters. The molecular formula is C19H37O4Si5. The van der Waals surface area contributed by atoms with Crippen LogP contribution in [0.4, 0.5) is 0 Å². The molecule has 157 valence electrons. The standard InChI is InChI=1S/C19H37O4Si5/c1-13-15-14-16(20-25(2,3)4)17(21-26(5,6)7)18(22-27(8,9)10)19(15)28(11,12)23-24/h13-14H,1H2,2-12H3. The first kappa shape index (κ1) is 25.4. The van der Waals surface area contributed by atoms with Crippen molar-refractivity contribution >= 4 is 55.0 Å². The Labute approximate surface area is 179 Å². The second-order valence-electron chi connectivity index (χ2n) is 10.5. The number of hydrogen-bond donors (Lipinski definition) is 0. The number of hydrogen-bond acceptors (Lipinski definition) is 4. The van der Waals surface area contributed by atoms with Crippen molar-refractivity contribution in [2.45, 2.75) is 72.0 Å². The van der Waals surface area contributed by atoms with Crippen molar-refractivity contribution in [3.05, 3.63) is 18.2 Å². The first-order valence-corrected chi connectivity index (χ1v) is 23.2. The van der Waals surface area contributed by atoms with Crippen LogP contribution >= 0.6 is 0 Å². The molecule has 0 unspecified atom stereocenters. The highest BCUT2D eigenvalue weighted by molar-refractivity contribution is 6.87. The monoisotopic (exact) mass is 469 g/mol. The predicted molar refractivity (Wildman–Crippen MR) is 132 cm³/mol. The molecule has 9 heteroatoms. The molecule has 3 radical (unpaired) electrons. The van der Waals surface area contributed by atoms with Crippen molar-refractivity contribution < 1.29 is 17.4 Å². The molecule has 0 bridgehead atoms. The molecule has 0 N–H and O–H groups in total. The van der Waals surface area contributed by atoms with Gasteiger partial charge in [0, 0.05) is 5.19 Å². The van der Waals surface area contributed by atoms with Crippen molar-refractivity contribution in [3.8, 4) is 17.2 Å². The molecular weight excluding hydrogens is 433 g/mol. The Balaban J connectivity index is 4.00. The number of rotatable bonds is 9. The summed E-state index contributed by atoms with van der Waals surface area (Å²) in [6, 6.07) is 2.05. The normalized spacial score (nSPS) is 13.3. The molecule has 1 aromatic carbocycles. The quantitative estimate of drug-likeness (QED) is 0.449. The van der Waals surface area contributed by atoms with Crippen LogP contribution in [0.15, 0.2) is 12.6 Å². The summed E-state index contributed by atoms with van der Waals surface area (Å²) in [5, 5.41) is 1.05. The van der Waals surface area contributed by atoms with Crippen molar-refractivity contribution in [2.24, 2.45) is 0 Å². The van der Waals surface area contributed by atoms with Gasteiger partial charge in [-0.25, -0.2) is 0 Å². The fourth-order valence-electron chi connectivity index (χ4n) is 2.68. The van der Waals surface area contributed by atoms with Gasteiger partial charge in [0.15, 0.2) is 11.5 Å². The highest BCUT2D eigenvalue weighted by Crippen LogP contribution is 2.43. The van der Waals surface area contributed by atoms with Crippen LogP contribution in [0, 0.1) is 0 Å². The smallest absolute Gasteiger partial charge is 0.242 e. The maximum atomic E-state index is 6.65. The molecule has 4 nitrogen and oxygen atoms in total. The van der Waals surface area contributed by atoms with Crippen LogP contribution < -0.4 is 18.5 Å². The Hall–Kier alpha value is -0.596. The van der Waals surface area contributed by atoms with Crippen molar-refractivity contribution in [3.63, 3.8) is 0 Å². The van der Waals surface area contributed by atoms with E-state index in [1.807, 2.05) is 12.1 Å². The molecule has 0 heterocycles. The van der Waals surface area contributed by atoms with Gasteiger partial charge in [0.25, 0.3) is 0 Å². The first-order valence-electron chi connectivity index (χ1n) is 9.66. The van der Waals surface area contributed by atoms with E-state index in [0.717, 1.165) is 28.0 Å². The van der Waals surface area contributed by atoms with Gasteiger partial charge in [0.2, 0.25) is 43.8 Å². The summed E-state index contributed by atoms with van der Waals surface area (Å²) in [4.78, 5) is 0. The third-order valence-corrected chi connectivity index (χ3v) is 9.77. The van der Waals surface area contributed by atoms with Gasteiger partial charge >= 0.3 is 0 Å². The third kappa shape index (κ3) is 7.34. The molecule has 1 rings (SSSR count). The minimum atomic E-state index is -2.32. The lowest BCUT2D eigenvalue weighted by atomic mass is 10.2. The highest BCUT2D eigenvalue weighted by Gasteiger charge is 2.37. The van der Waals surface area contributed by atoms with Gasteiger partial charge in [-0.05, 0) is 83.6 Å². The minimum Gasteiger partial charge on any atom is -0.542 e. The van der Waals surface area contributed by atoms with Crippen LogP contribution in [0.5, 0.6) is 17.2 Å². The topological polar surface area (TPSA) is 36.9 Å². The van der Waals surface area contributed by atoms with Crippen LogP contribution in [-0.4, -0.2) is 43.8 Å². The Bertz CT molecular complexity index is 713. The van der Waals surface area contributed by atoms with Crippen LogP contribution in [0.1, 0.15) is 5.56 Å². The SMILES string of the molecule is C=Cc1cc(O[Si](C)(C)C)c(O[Si](C)(C)C)c(O[Si](C)(C)C)c1[Si](C)(C)O[Si]. The van der Waals surface area contributed by atoms with E-state index in [1.54, 1.807) is 0 Å². The summed E-state index contributed by atoms with van der Waals surface area (Å²) < 4.78 is 25.5. The molecule has 0 fully saturated rings. The van der Waals surface area contributed by atoms with Crippen LogP contribution in [-0.2, 0) is 4.12 Å². The summed E-state index contributed by atoms with van der Waals surface area (Å²) >= 11 is 0. The first-order chi connectivity index (χ1) is 12.4. The average Bonchev–Trinajstić information content (AvgIpc) is 2.45. The maximum absolute atomic E-state index is 6.65. The van der Waals surface area contributed by atoms with Gasteiger partial charge in [-0.2, -0.15) is 0 Å². The van der Waals surface area contributed by atoms with Gasteiger partial charge in [-0.15, -0.1) is 0 Å². The highest BCUT2D eigenvalue weighted by atomic mass is 28.4. The van der Waals surface area contributed by atoms with E-state index in [2.05, 4.69) is 89.1 Å². The van der Waals surface area contributed by atoms with Crippen molar-refractivity contribution in [1.29, 1.82) is 0 Å². The number of benzene rings is 1. The van der Waals surface area contributed by atoms with E-state index in [9.17, 15) is 0 Å². The minimum absolute atomic E-state index is 0.730. The second kappa shape index (κ2) is 8.64. The van der Waals surface area contributed by atoms with Crippen LogP contribution in [0.25, 0.3) is 6.08 Å². The average molecular weight is 470 g/mol. The predicted octanol–water partition coefficient (Wildman–Crippen LogP) is 5.48. The van der Waals surface area contributed by atoms with Gasteiger partial charge < -0.3 is 17.4 Å². The Morgan fingerprint density at radius 2 is 1.18 bits per heavy atom. The zero-order valence-electron chi connectivity index (χ0n) is 19.5. The van der Waals surface area contributed by atoms with E-state index >= 15 is 0 Å². The molecule has 0 aromatic heterocycles. The van der Waals surface area contributed by atoms with Crippen molar-refractivity contribution in [2.75, 3.05) is 0 Å². The molecule has 0 spiro atoms. The zero-order valence-corrected chi connectivity index (χ0v) is 24.5. The Morgan fingerprint density at radius 1 is 0.750 bits per heavy atom. The lowest BCUT2D eigenvalue weighted by molar-refractivity contribution is 0.455. The molecule has 0 amide bonds. The summed E-state index contributed by atoms with van der Waals surface area (Å²) in [5.74, 6) is 2.27. The van der Waals surface area contributed by atoms with E-state index in [4.69, 9.17) is 17.4 Å². The fraction of sp³-hybridized carbons (Fsp3) is 0.579. The van der Waals surface area contributed by atoms with E-state index in [-0.39, 0.29) is 0 Å². The largest absolute Gasteiger partial charge is 0.542 e. The van der Waals surface area contributed by atoms with Gasteiger partial charge in [-0.1, -0.05) is 12.7 Å². The lowest BCUT2D eigenvalue weighted by Gasteiger charge is -2.35. The van der Waals surface area contributed by atoms with Gasteiger partial charge in [0.1, 0.15) is 5.75 Å². The summed E-state index contributed by atoms with van der Waals surface area (Å²) in [6.07, 6.45) is 1.86. The van der Waals surface area contributed by atoms with E-state index in [1.165, 1.54) is 0 Å². The molecule has 0 saturated carbocycles.